The van der Waals surface area contributed by atoms with Crippen LogP contribution in [0, 0.1) is 0 Å². The van der Waals surface area contributed by atoms with Crippen molar-refractivity contribution >= 4 is 11.9 Å². The van der Waals surface area contributed by atoms with Crippen LogP contribution in [-0.4, -0.2) is 34.2 Å². The summed E-state index contributed by atoms with van der Waals surface area (Å²) in [4.78, 5) is 19.6. The lowest BCUT2D eigenvalue weighted by Gasteiger charge is -2.09. The second kappa shape index (κ2) is 7.28. The van der Waals surface area contributed by atoms with Gasteiger partial charge in [0.25, 0.3) is 0 Å². The first-order chi connectivity index (χ1) is 6.21. The summed E-state index contributed by atoms with van der Waals surface area (Å²) in [5, 5.41) is 16.1. The van der Waals surface area contributed by atoms with Crippen LogP contribution in [0.25, 0.3) is 0 Å². The molecule has 14 heavy (non-hydrogen) atoms. The molecule has 0 atom stereocenters. The molecule has 0 saturated carbocycles. The zero-order valence-corrected chi connectivity index (χ0v) is 8.49. The number of aliphatic carboxylic acids is 2. The van der Waals surface area contributed by atoms with Gasteiger partial charge in [0.15, 0.2) is 0 Å². The van der Waals surface area contributed by atoms with Crippen molar-refractivity contribution in [3.05, 3.63) is 0 Å². The van der Waals surface area contributed by atoms with E-state index in [1.54, 1.807) is 0 Å². The maximum atomic E-state index is 9.90. The number of carboxylic acid groups (broad SMARTS) is 2. The van der Waals surface area contributed by atoms with Gasteiger partial charge in [0.2, 0.25) is 0 Å². The molecule has 6 nitrogen and oxygen atoms in total. The molecule has 0 saturated heterocycles. The molecule has 0 aromatic heterocycles. The summed E-state index contributed by atoms with van der Waals surface area (Å²) in [6, 6.07) is 0. The summed E-state index contributed by atoms with van der Waals surface area (Å²) in [6.45, 7) is 3.34. The van der Waals surface area contributed by atoms with Crippen molar-refractivity contribution in [2.24, 2.45) is 11.5 Å². The van der Waals surface area contributed by atoms with Crippen molar-refractivity contribution in [3.63, 3.8) is 0 Å². The Labute approximate surface area is 82.9 Å². The lowest BCUT2D eigenvalue weighted by Crippen LogP contribution is -2.41. The van der Waals surface area contributed by atoms with Gasteiger partial charge >= 0.3 is 11.9 Å². The van der Waals surface area contributed by atoms with E-state index in [0.717, 1.165) is 0 Å². The van der Waals surface area contributed by atoms with Crippen LogP contribution >= 0.6 is 0 Å². The smallest absolute Gasteiger partial charge is 0.323 e. The molecule has 0 radical (unpaired) electrons. The highest BCUT2D eigenvalue weighted by molar-refractivity contribution is 5.77. The van der Waals surface area contributed by atoms with Crippen molar-refractivity contribution in [3.8, 4) is 0 Å². The first-order valence-electron chi connectivity index (χ1n) is 4.16. The van der Waals surface area contributed by atoms with Crippen LogP contribution < -0.4 is 11.5 Å². The highest BCUT2D eigenvalue weighted by Gasteiger charge is 2.19. The molecule has 0 rings (SSSR count). The summed E-state index contributed by atoms with van der Waals surface area (Å²) in [7, 11) is 0. The lowest BCUT2D eigenvalue weighted by atomic mass is 10.1. The SMILES string of the molecule is CC(C)(N)C(=O)O.NCCCC(=O)O. The molecular weight excluding hydrogens is 188 g/mol. The number of hydrogen-bond acceptors (Lipinski definition) is 4. The highest BCUT2D eigenvalue weighted by atomic mass is 16.4. The van der Waals surface area contributed by atoms with Gasteiger partial charge in [-0.05, 0) is 26.8 Å². The van der Waals surface area contributed by atoms with Crippen molar-refractivity contribution in [2.75, 3.05) is 6.54 Å². The second-order valence-corrected chi connectivity index (χ2v) is 3.31. The van der Waals surface area contributed by atoms with Gasteiger partial charge in [0.05, 0.1) is 0 Å². The molecule has 0 fully saturated rings. The topological polar surface area (TPSA) is 127 Å². The van der Waals surface area contributed by atoms with Crippen LogP contribution in [0.4, 0.5) is 0 Å². The van der Waals surface area contributed by atoms with E-state index in [-0.39, 0.29) is 6.42 Å². The molecule has 0 bridgehead atoms. The lowest BCUT2D eigenvalue weighted by molar-refractivity contribution is -0.142. The van der Waals surface area contributed by atoms with E-state index in [0.29, 0.717) is 13.0 Å². The molecule has 0 spiro atoms. The predicted molar refractivity (Wildman–Crippen MR) is 51.8 cm³/mol. The largest absolute Gasteiger partial charge is 0.481 e. The monoisotopic (exact) mass is 206 g/mol. The Balaban J connectivity index is 0. The van der Waals surface area contributed by atoms with Gasteiger partial charge in [-0.15, -0.1) is 0 Å². The van der Waals surface area contributed by atoms with E-state index >= 15 is 0 Å². The van der Waals surface area contributed by atoms with E-state index < -0.39 is 17.5 Å². The van der Waals surface area contributed by atoms with Crippen LogP contribution in [0.15, 0.2) is 0 Å². The quantitative estimate of drug-likeness (QED) is 0.496. The highest BCUT2D eigenvalue weighted by Crippen LogP contribution is 1.93. The maximum Gasteiger partial charge on any atom is 0.323 e. The number of rotatable bonds is 4. The molecule has 0 aliphatic heterocycles. The van der Waals surface area contributed by atoms with E-state index in [9.17, 15) is 9.59 Å². The van der Waals surface area contributed by atoms with Crippen molar-refractivity contribution in [1.82, 2.24) is 0 Å². The zero-order valence-electron chi connectivity index (χ0n) is 8.49. The normalized spacial score (nSPS) is 10.0. The second-order valence-electron chi connectivity index (χ2n) is 3.31. The Kier molecular flexibility index (Phi) is 7.98. The molecule has 6 N–H and O–H groups in total. The van der Waals surface area contributed by atoms with Gasteiger partial charge in [-0.2, -0.15) is 0 Å². The average molecular weight is 206 g/mol. The zero-order chi connectivity index (χ0) is 11.8. The Morgan fingerprint density at radius 1 is 1.29 bits per heavy atom. The summed E-state index contributed by atoms with van der Waals surface area (Å²) in [6.07, 6.45) is 0.770. The van der Waals surface area contributed by atoms with Gasteiger partial charge in [-0.1, -0.05) is 0 Å². The summed E-state index contributed by atoms with van der Waals surface area (Å²) in [5.41, 5.74) is 9.01. The number of carbonyl (C=O) groups is 2. The van der Waals surface area contributed by atoms with Crippen LogP contribution in [0.3, 0.4) is 0 Å². The first kappa shape index (κ1) is 15.3. The van der Waals surface area contributed by atoms with Crippen LogP contribution in [0.5, 0.6) is 0 Å². The standard InChI is InChI=1S/2C4H9NO2/c1-4(2,5)3(6)7;5-3-1-2-4(6)7/h5H2,1-2H3,(H,6,7);1-3,5H2,(H,6,7). The third-order valence-corrected chi connectivity index (χ3v) is 1.15. The summed E-state index contributed by atoms with van der Waals surface area (Å²) in [5.74, 6) is -1.75. The van der Waals surface area contributed by atoms with Gasteiger partial charge in [0, 0.05) is 6.42 Å². The van der Waals surface area contributed by atoms with Crippen LogP contribution in [0.1, 0.15) is 26.7 Å². The number of hydrogen-bond donors (Lipinski definition) is 4. The summed E-state index contributed by atoms with van der Waals surface area (Å²) < 4.78 is 0. The summed E-state index contributed by atoms with van der Waals surface area (Å²) >= 11 is 0. The van der Waals surface area contributed by atoms with Crippen molar-refractivity contribution in [1.29, 1.82) is 0 Å². The van der Waals surface area contributed by atoms with E-state index in [1.165, 1.54) is 13.8 Å². The van der Waals surface area contributed by atoms with Gasteiger partial charge in [-0.3, -0.25) is 9.59 Å². The van der Waals surface area contributed by atoms with Gasteiger partial charge in [0.1, 0.15) is 5.54 Å². The van der Waals surface area contributed by atoms with Crippen molar-refractivity contribution in [2.45, 2.75) is 32.2 Å². The van der Waals surface area contributed by atoms with Crippen molar-refractivity contribution < 1.29 is 19.8 Å². The molecular formula is C8H18N2O4. The number of carboxylic acids is 2. The Hall–Kier alpha value is -1.14. The molecule has 0 heterocycles. The first-order valence-corrected chi connectivity index (χ1v) is 4.16. The predicted octanol–water partition coefficient (Wildman–Crippen LogP) is -0.382. The fourth-order valence-corrected chi connectivity index (χ4v) is 0.253. The van der Waals surface area contributed by atoms with E-state index in [2.05, 4.69) is 0 Å². The molecule has 0 amide bonds. The van der Waals surface area contributed by atoms with Gasteiger partial charge in [-0.25, -0.2) is 0 Å². The van der Waals surface area contributed by atoms with E-state index in [4.69, 9.17) is 21.7 Å². The third-order valence-electron chi connectivity index (χ3n) is 1.15. The van der Waals surface area contributed by atoms with Crippen LogP contribution in [-0.2, 0) is 9.59 Å². The Morgan fingerprint density at radius 2 is 1.64 bits per heavy atom. The van der Waals surface area contributed by atoms with E-state index in [1.807, 2.05) is 0 Å². The Bertz CT molecular complexity index is 186. The molecule has 6 heteroatoms. The fourth-order valence-electron chi connectivity index (χ4n) is 0.253. The minimum atomic E-state index is -1.08. The van der Waals surface area contributed by atoms with Crippen LogP contribution in [0.2, 0.25) is 0 Å². The fraction of sp³-hybridized carbons (Fsp3) is 0.750. The molecule has 0 unspecified atom stereocenters. The molecule has 0 aliphatic carbocycles. The number of nitrogens with two attached hydrogens (primary N) is 2. The maximum absolute atomic E-state index is 9.90. The minimum absolute atomic E-state index is 0.191. The minimum Gasteiger partial charge on any atom is -0.481 e. The molecule has 0 aliphatic rings. The third kappa shape index (κ3) is 13.4. The average Bonchev–Trinajstić information content (AvgIpc) is 2.00. The Morgan fingerprint density at radius 3 is 1.71 bits per heavy atom. The molecule has 0 aromatic rings. The molecule has 0 aromatic carbocycles. The van der Waals surface area contributed by atoms with Gasteiger partial charge < -0.3 is 21.7 Å². The molecule has 84 valence electrons.